The number of hydrogen-bond donors (Lipinski definition) is 1. The Bertz CT molecular complexity index is 348. The molecule has 1 saturated heterocycles. The molecular formula is C12H17NO3. The maximum absolute atomic E-state index is 12.0. The number of amides is 1. The number of allylic oxidation sites excluding steroid dienone is 1. The smallest absolute Gasteiger partial charge is 0.318 e. The Kier molecular flexibility index (Phi) is 2.99. The Labute approximate surface area is 95.0 Å². The second-order valence-corrected chi connectivity index (χ2v) is 4.36. The van der Waals surface area contributed by atoms with Crippen LogP contribution in [0, 0.1) is 5.41 Å². The summed E-state index contributed by atoms with van der Waals surface area (Å²) < 4.78 is 5.15. The molecule has 1 atom stereocenters. The van der Waals surface area contributed by atoms with E-state index in [2.05, 4.69) is 5.32 Å². The third-order valence-corrected chi connectivity index (χ3v) is 3.39. The number of esters is 1. The van der Waals surface area contributed by atoms with Crippen molar-refractivity contribution in [2.24, 2.45) is 5.41 Å². The zero-order valence-electron chi connectivity index (χ0n) is 9.54. The van der Waals surface area contributed by atoms with Gasteiger partial charge in [0.2, 0.25) is 5.91 Å². The highest BCUT2D eigenvalue weighted by molar-refractivity contribution is 5.88. The molecule has 88 valence electrons. The highest BCUT2D eigenvalue weighted by atomic mass is 16.5. The van der Waals surface area contributed by atoms with Crippen LogP contribution >= 0.6 is 0 Å². The van der Waals surface area contributed by atoms with E-state index in [0.29, 0.717) is 19.4 Å². The molecule has 1 aliphatic heterocycles. The maximum Gasteiger partial charge on any atom is 0.318 e. The summed E-state index contributed by atoms with van der Waals surface area (Å²) in [6.45, 7) is 2.20. The monoisotopic (exact) mass is 223 g/mol. The van der Waals surface area contributed by atoms with Crippen LogP contribution in [-0.4, -0.2) is 18.5 Å². The molecule has 1 heterocycles. The molecule has 0 radical (unpaired) electrons. The van der Waals surface area contributed by atoms with Crippen LogP contribution in [0.3, 0.4) is 0 Å². The van der Waals surface area contributed by atoms with Gasteiger partial charge in [-0.25, -0.2) is 0 Å². The molecule has 0 bridgehead atoms. The molecule has 0 aromatic heterocycles. The normalized spacial score (nSPS) is 28.8. The first-order valence-electron chi connectivity index (χ1n) is 5.87. The maximum atomic E-state index is 12.0. The van der Waals surface area contributed by atoms with Gasteiger partial charge in [-0.15, -0.1) is 0 Å². The second kappa shape index (κ2) is 4.28. The van der Waals surface area contributed by atoms with Gasteiger partial charge in [-0.3, -0.25) is 9.59 Å². The lowest BCUT2D eigenvalue weighted by Crippen LogP contribution is -2.47. The van der Waals surface area contributed by atoms with E-state index in [-0.39, 0.29) is 11.9 Å². The summed E-state index contributed by atoms with van der Waals surface area (Å²) in [5, 5.41) is 2.82. The van der Waals surface area contributed by atoms with Gasteiger partial charge in [-0.1, -0.05) is 6.08 Å². The summed E-state index contributed by atoms with van der Waals surface area (Å²) in [7, 11) is 0. The first-order valence-corrected chi connectivity index (χ1v) is 5.87. The van der Waals surface area contributed by atoms with Gasteiger partial charge >= 0.3 is 5.97 Å². The highest BCUT2D eigenvalue weighted by Gasteiger charge is 2.47. The number of piperidine rings is 1. The summed E-state index contributed by atoms with van der Waals surface area (Å²) in [6, 6.07) is 0. The number of nitrogens with one attached hydrogen (secondary N) is 1. The first kappa shape index (κ1) is 11.2. The van der Waals surface area contributed by atoms with Crippen molar-refractivity contribution in [1.29, 1.82) is 0 Å². The summed E-state index contributed by atoms with van der Waals surface area (Å²) in [6.07, 6.45) is 5.67. The Morgan fingerprint density at radius 2 is 2.38 bits per heavy atom. The van der Waals surface area contributed by atoms with Gasteiger partial charge in [0.25, 0.3) is 0 Å². The molecule has 1 amide bonds. The van der Waals surface area contributed by atoms with Gasteiger partial charge in [0, 0.05) is 12.1 Å². The van der Waals surface area contributed by atoms with Crippen LogP contribution in [0.5, 0.6) is 0 Å². The number of ether oxygens (including phenoxy) is 1. The summed E-state index contributed by atoms with van der Waals surface area (Å²) >= 11 is 0. The molecule has 16 heavy (non-hydrogen) atoms. The van der Waals surface area contributed by atoms with Gasteiger partial charge in [0.1, 0.15) is 5.41 Å². The third-order valence-electron chi connectivity index (χ3n) is 3.39. The molecule has 0 saturated carbocycles. The number of fused-ring (bicyclic) bond motifs is 1. The molecule has 2 rings (SSSR count). The number of rotatable bonds is 2. The van der Waals surface area contributed by atoms with E-state index >= 15 is 0 Å². The largest absolute Gasteiger partial charge is 0.465 e. The van der Waals surface area contributed by atoms with Crippen LogP contribution in [0.1, 0.15) is 39.0 Å². The van der Waals surface area contributed by atoms with Gasteiger partial charge in [0.05, 0.1) is 6.61 Å². The molecule has 4 heteroatoms. The number of carbonyl (C=O) groups excluding carboxylic acids is 2. The summed E-state index contributed by atoms with van der Waals surface area (Å²) in [4.78, 5) is 23.4. The molecule has 0 spiro atoms. The van der Waals surface area contributed by atoms with Crippen molar-refractivity contribution >= 4 is 11.9 Å². The molecule has 1 aliphatic carbocycles. The van der Waals surface area contributed by atoms with E-state index in [1.165, 1.54) is 0 Å². The molecule has 1 unspecified atom stereocenters. The average molecular weight is 223 g/mol. The van der Waals surface area contributed by atoms with E-state index in [1.807, 2.05) is 13.0 Å². The van der Waals surface area contributed by atoms with Crippen LogP contribution in [0.4, 0.5) is 0 Å². The minimum absolute atomic E-state index is 0.00748. The molecular weight excluding hydrogens is 206 g/mol. The van der Waals surface area contributed by atoms with Crippen molar-refractivity contribution in [3.8, 4) is 0 Å². The number of carbonyl (C=O) groups is 2. The molecule has 0 aromatic rings. The van der Waals surface area contributed by atoms with E-state index in [0.717, 1.165) is 25.0 Å². The minimum atomic E-state index is -0.567. The second-order valence-electron chi connectivity index (χ2n) is 4.36. The van der Waals surface area contributed by atoms with Crippen LogP contribution < -0.4 is 5.32 Å². The fourth-order valence-corrected chi connectivity index (χ4v) is 2.53. The average Bonchev–Trinajstić information content (AvgIpc) is 2.29. The molecule has 0 aromatic carbocycles. The van der Waals surface area contributed by atoms with Crippen LogP contribution in [0.25, 0.3) is 0 Å². The topological polar surface area (TPSA) is 55.4 Å². The Hall–Kier alpha value is -1.32. The van der Waals surface area contributed by atoms with Crippen molar-refractivity contribution in [2.45, 2.75) is 39.0 Å². The first-order chi connectivity index (χ1) is 7.69. The van der Waals surface area contributed by atoms with Crippen molar-refractivity contribution in [3.63, 3.8) is 0 Å². The van der Waals surface area contributed by atoms with E-state index in [9.17, 15) is 9.59 Å². The van der Waals surface area contributed by atoms with Crippen LogP contribution in [-0.2, 0) is 14.3 Å². The predicted octanol–water partition coefficient (Wildman–Crippen LogP) is 1.51. The van der Waals surface area contributed by atoms with Gasteiger partial charge < -0.3 is 10.1 Å². The van der Waals surface area contributed by atoms with Gasteiger partial charge in [-0.2, -0.15) is 0 Å². The number of hydrogen-bond acceptors (Lipinski definition) is 3. The summed E-state index contributed by atoms with van der Waals surface area (Å²) in [5.41, 5.74) is 0.204. The minimum Gasteiger partial charge on any atom is -0.465 e. The SMILES string of the molecule is CCOC(=O)C12CCCC=C1NC(=O)CC2. The predicted molar refractivity (Wildman–Crippen MR) is 58.4 cm³/mol. The lowest BCUT2D eigenvalue weighted by molar-refractivity contribution is -0.155. The standard InChI is InChI=1S/C12H17NO3/c1-2-16-11(15)12-7-4-3-5-9(12)13-10(14)6-8-12/h5H,2-4,6-8H2,1H3,(H,13,14). The lowest BCUT2D eigenvalue weighted by atomic mass is 9.70. The lowest BCUT2D eigenvalue weighted by Gasteiger charge is -2.39. The fraction of sp³-hybridized carbons (Fsp3) is 0.667. The Balaban J connectivity index is 2.27. The van der Waals surface area contributed by atoms with Crippen LogP contribution in [0.2, 0.25) is 0 Å². The van der Waals surface area contributed by atoms with Gasteiger partial charge in [0.15, 0.2) is 0 Å². The Morgan fingerprint density at radius 1 is 1.56 bits per heavy atom. The van der Waals surface area contributed by atoms with Crippen molar-refractivity contribution in [1.82, 2.24) is 5.32 Å². The van der Waals surface area contributed by atoms with E-state index < -0.39 is 5.41 Å². The van der Waals surface area contributed by atoms with Crippen molar-refractivity contribution in [3.05, 3.63) is 11.8 Å². The van der Waals surface area contributed by atoms with Crippen LogP contribution in [0.15, 0.2) is 11.8 Å². The molecule has 1 N–H and O–H groups in total. The van der Waals surface area contributed by atoms with Gasteiger partial charge in [-0.05, 0) is 32.6 Å². The Morgan fingerprint density at radius 3 is 3.12 bits per heavy atom. The third kappa shape index (κ3) is 1.72. The van der Waals surface area contributed by atoms with E-state index in [4.69, 9.17) is 4.74 Å². The summed E-state index contributed by atoms with van der Waals surface area (Å²) in [5.74, 6) is -0.172. The van der Waals surface area contributed by atoms with E-state index in [1.54, 1.807) is 0 Å². The quantitative estimate of drug-likeness (QED) is 0.722. The molecule has 1 fully saturated rings. The fourth-order valence-electron chi connectivity index (χ4n) is 2.53. The molecule has 4 nitrogen and oxygen atoms in total. The molecule has 2 aliphatic rings. The highest BCUT2D eigenvalue weighted by Crippen LogP contribution is 2.43. The van der Waals surface area contributed by atoms with Crippen molar-refractivity contribution in [2.75, 3.05) is 6.61 Å². The zero-order chi connectivity index (χ0) is 11.6. The zero-order valence-corrected chi connectivity index (χ0v) is 9.54. The van der Waals surface area contributed by atoms with Crippen molar-refractivity contribution < 1.29 is 14.3 Å².